The van der Waals surface area contributed by atoms with E-state index in [0.717, 1.165) is 11.1 Å². The van der Waals surface area contributed by atoms with Crippen LogP contribution in [0.2, 0.25) is 0 Å². The molecule has 0 radical (unpaired) electrons. The number of hydrogen-bond acceptors (Lipinski definition) is 8. The topological polar surface area (TPSA) is 141 Å². The molecule has 6 rings (SSSR count). The molecule has 2 atom stereocenters. The molecule has 6 aromatic rings. The van der Waals surface area contributed by atoms with E-state index in [1.165, 1.54) is 13.8 Å². The van der Waals surface area contributed by atoms with Crippen LogP contribution < -0.4 is 21.5 Å². The van der Waals surface area contributed by atoms with Crippen LogP contribution in [-0.4, -0.2) is 49.3 Å². The normalized spacial score (nSPS) is 12.0. The molecule has 9 heteroatoms. The minimum Gasteiger partial charge on any atom is -0.872 e. The number of para-hydroxylation sites is 2. The van der Waals surface area contributed by atoms with Crippen LogP contribution in [0.4, 0.5) is 0 Å². The van der Waals surface area contributed by atoms with Crippen LogP contribution in [0.5, 0.6) is 11.5 Å². The molecule has 0 aliphatic rings. The Kier molecular flexibility index (Phi) is 11.9. The van der Waals surface area contributed by atoms with E-state index in [-0.39, 0.29) is 95.9 Å². The van der Waals surface area contributed by atoms with Crippen molar-refractivity contribution in [3.8, 4) is 11.5 Å². The Morgan fingerprint density at radius 2 is 0.872 bits per heavy atom. The summed E-state index contributed by atoms with van der Waals surface area (Å²) in [7, 11) is 0. The summed E-state index contributed by atoms with van der Waals surface area (Å²) in [5.74, 6) is -2.11. The minimum absolute atomic E-state index is 0. The first-order chi connectivity index (χ1) is 22.2. The maximum atomic E-state index is 12.8. The van der Waals surface area contributed by atoms with Gasteiger partial charge in [-0.2, -0.15) is 0 Å². The minimum atomic E-state index is -0.677. The van der Waals surface area contributed by atoms with Crippen molar-refractivity contribution < 1.29 is 28.6 Å². The van der Waals surface area contributed by atoms with Gasteiger partial charge in [-0.1, -0.05) is 109 Å². The van der Waals surface area contributed by atoms with E-state index >= 15 is 0 Å². The average Bonchev–Trinajstić information content (AvgIpc) is 3.04. The molecule has 2 unspecified atom stereocenters. The van der Waals surface area contributed by atoms with E-state index in [1.54, 1.807) is 48.5 Å². The van der Waals surface area contributed by atoms with Gasteiger partial charge in [0.1, 0.15) is 22.7 Å². The first-order valence-corrected chi connectivity index (χ1v) is 14.7. The van der Waals surface area contributed by atoms with E-state index in [2.05, 4.69) is 0 Å². The van der Waals surface area contributed by atoms with Crippen molar-refractivity contribution >= 4 is 71.2 Å². The second kappa shape index (κ2) is 15.9. The van der Waals surface area contributed by atoms with Crippen LogP contribution >= 0.6 is 0 Å². The number of rotatable bonds is 8. The average molecular weight is 655 g/mol. The SMILES string of the molecule is CC(=O)CC(c1ccccc1)c1c([O-])c2ccccc2oc1=O.CC(=O)CC(c1ccccc1)c1c([O-])c2ccccc2oc1=O.[Ca+2]. The van der Waals surface area contributed by atoms with Crippen LogP contribution in [0, 0.1) is 0 Å². The van der Waals surface area contributed by atoms with Crippen LogP contribution in [0.15, 0.2) is 128 Å². The molecule has 232 valence electrons. The van der Waals surface area contributed by atoms with Gasteiger partial charge in [-0.05, 0) is 37.1 Å². The quantitative estimate of drug-likeness (QED) is 0.153. The molecule has 4 aromatic carbocycles. The standard InChI is InChI=1S/2C19H16O4.Ca/c2*1-12(20)11-15(13-7-3-2-4-8-13)17-18(21)14-9-5-6-10-16(14)23-19(17)22;/h2*2-10,15,21H,11H2,1H3;/q;;+2/p-2. The summed E-state index contributed by atoms with van der Waals surface area (Å²) in [5, 5.41) is 26.3. The summed E-state index contributed by atoms with van der Waals surface area (Å²) in [4.78, 5) is 48.0. The van der Waals surface area contributed by atoms with Gasteiger partial charge in [-0.3, -0.25) is 9.59 Å². The maximum absolute atomic E-state index is 12.8. The number of hydrogen-bond donors (Lipinski definition) is 0. The molecule has 0 spiro atoms. The van der Waals surface area contributed by atoms with Crippen LogP contribution in [0.25, 0.3) is 21.9 Å². The van der Waals surface area contributed by atoms with Crippen LogP contribution in [0.1, 0.15) is 60.8 Å². The van der Waals surface area contributed by atoms with Crippen molar-refractivity contribution in [3.63, 3.8) is 0 Å². The Morgan fingerprint density at radius 3 is 1.21 bits per heavy atom. The second-order valence-electron chi connectivity index (χ2n) is 11.0. The maximum Gasteiger partial charge on any atom is 2.00 e. The smallest absolute Gasteiger partial charge is 0.872 e. The summed E-state index contributed by atoms with van der Waals surface area (Å²) in [6, 6.07) is 31.4. The molecule has 8 nitrogen and oxygen atoms in total. The van der Waals surface area contributed by atoms with Gasteiger partial charge in [0, 0.05) is 46.6 Å². The van der Waals surface area contributed by atoms with E-state index in [9.17, 15) is 29.4 Å². The Balaban J connectivity index is 0.000000208. The monoisotopic (exact) mass is 654 g/mol. The fourth-order valence-corrected chi connectivity index (χ4v) is 5.59. The number of Topliss-reactive ketones (excluding diaryl/α,β-unsaturated/α-hetero) is 2. The molecule has 0 aliphatic heterocycles. The molecule has 0 saturated carbocycles. The molecule has 2 aromatic heterocycles. The van der Waals surface area contributed by atoms with E-state index < -0.39 is 23.1 Å². The fraction of sp³-hybridized carbons (Fsp3) is 0.158. The Morgan fingerprint density at radius 1 is 0.553 bits per heavy atom. The number of ketones is 2. The molecule has 47 heavy (non-hydrogen) atoms. The van der Waals surface area contributed by atoms with Crippen molar-refractivity contribution in [2.45, 2.75) is 38.5 Å². The number of carbonyl (C=O) groups is 2. The van der Waals surface area contributed by atoms with Gasteiger partial charge in [0.05, 0.1) is 0 Å². The second-order valence-corrected chi connectivity index (χ2v) is 11.0. The first kappa shape index (κ1) is 35.4. The largest absolute Gasteiger partial charge is 2.00 e. The Bertz CT molecular complexity index is 1980. The van der Waals surface area contributed by atoms with Crippen molar-refractivity contribution in [2.24, 2.45) is 0 Å². The fourth-order valence-electron chi connectivity index (χ4n) is 5.59. The molecule has 0 fully saturated rings. The number of fused-ring (bicyclic) bond motifs is 2. The predicted molar refractivity (Wildman–Crippen MR) is 177 cm³/mol. The van der Waals surface area contributed by atoms with Gasteiger partial charge < -0.3 is 19.0 Å². The molecule has 2 heterocycles. The third-order valence-corrected chi connectivity index (χ3v) is 7.68. The third kappa shape index (κ3) is 8.08. The molecule has 0 aliphatic carbocycles. The predicted octanol–water partition coefficient (Wildman–Crippen LogP) is 5.57. The summed E-state index contributed by atoms with van der Waals surface area (Å²) in [6.45, 7) is 2.90. The van der Waals surface area contributed by atoms with Crippen molar-refractivity contribution in [2.75, 3.05) is 0 Å². The van der Waals surface area contributed by atoms with Gasteiger partial charge in [0.2, 0.25) is 0 Å². The van der Waals surface area contributed by atoms with Gasteiger partial charge in [0.15, 0.2) is 0 Å². The molecular weight excluding hydrogens is 624 g/mol. The molecule has 0 bridgehead atoms. The summed E-state index contributed by atoms with van der Waals surface area (Å²) in [5.41, 5.74) is 0.717. The van der Waals surface area contributed by atoms with Crippen LogP contribution in [0.3, 0.4) is 0 Å². The molecule has 0 N–H and O–H groups in total. The van der Waals surface area contributed by atoms with E-state index in [0.29, 0.717) is 10.8 Å². The summed E-state index contributed by atoms with van der Waals surface area (Å²) in [6.07, 6.45) is 0.171. The summed E-state index contributed by atoms with van der Waals surface area (Å²) < 4.78 is 10.6. The molecular formula is C38H30CaO8. The molecule has 0 saturated heterocycles. The first-order valence-electron chi connectivity index (χ1n) is 14.7. The van der Waals surface area contributed by atoms with Crippen molar-refractivity contribution in [3.05, 3.63) is 152 Å². The van der Waals surface area contributed by atoms with Gasteiger partial charge >= 0.3 is 49.0 Å². The zero-order valence-electron chi connectivity index (χ0n) is 25.9. The van der Waals surface area contributed by atoms with Crippen molar-refractivity contribution in [1.29, 1.82) is 0 Å². The van der Waals surface area contributed by atoms with Crippen LogP contribution in [-0.2, 0) is 9.59 Å². The zero-order chi connectivity index (χ0) is 32.8. The van der Waals surface area contributed by atoms with Gasteiger partial charge in [-0.25, -0.2) is 9.59 Å². The molecule has 0 amide bonds. The third-order valence-electron chi connectivity index (χ3n) is 7.68. The summed E-state index contributed by atoms with van der Waals surface area (Å²) >= 11 is 0. The van der Waals surface area contributed by atoms with Gasteiger partial charge in [-0.15, -0.1) is 0 Å². The van der Waals surface area contributed by atoms with Crippen molar-refractivity contribution in [1.82, 2.24) is 0 Å². The number of benzene rings is 4. The Labute approximate surface area is 300 Å². The van der Waals surface area contributed by atoms with E-state index in [4.69, 9.17) is 8.83 Å². The Hall–Kier alpha value is -4.50. The van der Waals surface area contributed by atoms with Gasteiger partial charge in [0.25, 0.3) is 0 Å². The van der Waals surface area contributed by atoms with E-state index in [1.807, 2.05) is 60.7 Å². The number of carbonyl (C=O) groups excluding carboxylic acids is 2. The zero-order valence-corrected chi connectivity index (χ0v) is 28.1.